The fourth-order valence-electron chi connectivity index (χ4n) is 3.15. The molecule has 0 aromatic heterocycles. The maximum Gasteiger partial charge on any atom is 0.263 e. The first-order chi connectivity index (χ1) is 14.7. The molecule has 0 heterocycles. The largest absolute Gasteiger partial charge is 0.386 e. The first kappa shape index (κ1) is 30.0. The number of amides is 1. The quantitative estimate of drug-likeness (QED) is 0.404. The Bertz CT molecular complexity index is 838. The Labute approximate surface area is 194 Å². The van der Waals surface area contributed by atoms with Gasteiger partial charge in [0.05, 0.1) is 12.0 Å². The predicted molar refractivity (Wildman–Crippen MR) is 127 cm³/mol. The van der Waals surface area contributed by atoms with E-state index < -0.39 is 17.9 Å². The van der Waals surface area contributed by atoms with Gasteiger partial charge in [-0.2, -0.15) is 0 Å². The fourth-order valence-corrected chi connectivity index (χ4v) is 3.15. The second-order valence-electron chi connectivity index (χ2n) is 8.50. The average molecular weight is 473 g/mol. The van der Waals surface area contributed by atoms with Gasteiger partial charge in [-0.1, -0.05) is 39.8 Å². The fraction of sp³-hybridized carbons (Fsp3) is 0.458. The van der Waals surface area contributed by atoms with Crippen LogP contribution in [0.4, 0.5) is 13.2 Å². The molecule has 0 aliphatic carbocycles. The van der Waals surface area contributed by atoms with Crippen molar-refractivity contribution >= 4 is 18.7 Å². The molecule has 2 rings (SSSR count). The van der Waals surface area contributed by atoms with Crippen LogP contribution >= 0.6 is 12.8 Å². The maximum absolute atomic E-state index is 13.0. The molecule has 0 atom stereocenters. The maximum atomic E-state index is 13.0. The van der Waals surface area contributed by atoms with E-state index in [9.17, 15) is 23.1 Å². The molecular weight excluding hydrogens is 437 g/mol. The summed E-state index contributed by atoms with van der Waals surface area (Å²) in [6, 6.07) is 8.97. The molecule has 0 unspecified atom stereocenters. The van der Waals surface area contributed by atoms with Gasteiger partial charge >= 0.3 is 0 Å². The summed E-state index contributed by atoms with van der Waals surface area (Å²) in [5.41, 5.74) is 7.32. The zero-order chi connectivity index (χ0) is 25.2. The lowest BCUT2D eigenvalue weighted by Gasteiger charge is -2.20. The Morgan fingerprint density at radius 2 is 1.50 bits per heavy atom. The van der Waals surface area contributed by atoms with Crippen LogP contribution in [0.15, 0.2) is 36.4 Å². The van der Waals surface area contributed by atoms with E-state index in [-0.39, 0.29) is 29.6 Å². The Hall–Kier alpha value is -2.03. The van der Waals surface area contributed by atoms with Gasteiger partial charge in [0.15, 0.2) is 0 Å². The minimum Gasteiger partial charge on any atom is -0.386 e. The number of hydrogen-bond acceptors (Lipinski definition) is 4. The van der Waals surface area contributed by atoms with E-state index in [1.54, 1.807) is 26.0 Å². The van der Waals surface area contributed by atoms with E-state index >= 15 is 0 Å². The molecule has 5 N–H and O–H groups in total. The average Bonchev–Trinajstić information content (AvgIpc) is 2.68. The third-order valence-corrected chi connectivity index (χ3v) is 4.72. The molecule has 2 aromatic carbocycles. The van der Waals surface area contributed by atoms with Crippen molar-refractivity contribution in [3.63, 3.8) is 0 Å². The summed E-state index contributed by atoms with van der Waals surface area (Å²) in [6.45, 7) is 11.0. The zero-order valence-electron chi connectivity index (χ0n) is 19.5. The number of rotatable bonds is 6. The third-order valence-electron chi connectivity index (χ3n) is 4.72. The van der Waals surface area contributed by atoms with E-state index in [0.717, 1.165) is 16.7 Å². The van der Waals surface area contributed by atoms with Crippen molar-refractivity contribution in [2.45, 2.75) is 71.8 Å². The molecular formula is C24H35F3N2O2S. The number of halogens is 3. The normalized spacial score (nSPS) is 11.1. The number of primary amides is 1. The lowest BCUT2D eigenvalue weighted by atomic mass is 9.85. The first-order valence-electron chi connectivity index (χ1n) is 10.2. The van der Waals surface area contributed by atoms with Crippen molar-refractivity contribution in [2.75, 3.05) is 0 Å². The van der Waals surface area contributed by atoms with E-state index in [4.69, 9.17) is 5.73 Å². The summed E-state index contributed by atoms with van der Waals surface area (Å²) in [4.78, 5) is 11.2. The summed E-state index contributed by atoms with van der Waals surface area (Å²) in [5, 5.41) is 13.6. The third kappa shape index (κ3) is 9.63. The molecule has 0 bridgehead atoms. The van der Waals surface area contributed by atoms with Gasteiger partial charge in [0.1, 0.15) is 5.82 Å². The number of nitrogens with two attached hydrogens (primary N) is 2. The number of thiol groups is 1. The minimum atomic E-state index is -2.50. The topological polar surface area (TPSA) is 89.3 Å². The lowest BCUT2D eigenvalue weighted by Crippen LogP contribution is -2.17. The van der Waals surface area contributed by atoms with Crippen LogP contribution < -0.4 is 10.9 Å². The number of benzene rings is 2. The number of alkyl halides is 2. The monoisotopic (exact) mass is 472 g/mol. The van der Waals surface area contributed by atoms with Crippen molar-refractivity contribution in [1.82, 2.24) is 0 Å². The molecule has 180 valence electrons. The van der Waals surface area contributed by atoms with Gasteiger partial charge in [-0.3, -0.25) is 9.93 Å². The smallest absolute Gasteiger partial charge is 0.263 e. The second kappa shape index (κ2) is 13.5. The summed E-state index contributed by atoms with van der Waals surface area (Å²) in [6.07, 6.45) is -2.40. The van der Waals surface area contributed by atoms with Gasteiger partial charge in [-0.05, 0) is 72.2 Å². The van der Waals surface area contributed by atoms with Crippen LogP contribution in [0.3, 0.4) is 0 Å². The predicted octanol–water partition coefficient (Wildman–Crippen LogP) is 5.74. The van der Waals surface area contributed by atoms with Crippen LogP contribution in [-0.4, -0.2) is 11.0 Å². The second-order valence-corrected chi connectivity index (χ2v) is 8.50. The summed E-state index contributed by atoms with van der Waals surface area (Å²) in [7, 11) is 0. The molecule has 0 aliphatic heterocycles. The molecule has 1 amide bonds. The molecule has 4 nitrogen and oxygen atoms in total. The molecule has 0 radical (unpaired) electrons. The van der Waals surface area contributed by atoms with Crippen LogP contribution in [0.1, 0.15) is 87.6 Å². The van der Waals surface area contributed by atoms with E-state index in [1.165, 1.54) is 24.3 Å². The Kier molecular flexibility index (Phi) is 12.6. The van der Waals surface area contributed by atoms with Crippen molar-refractivity contribution < 1.29 is 23.1 Å². The number of carbonyl (C=O) groups excluding carboxylic acids is 1. The first-order valence-corrected chi connectivity index (χ1v) is 10.7. The molecule has 0 saturated carbocycles. The van der Waals surface area contributed by atoms with Crippen LogP contribution in [0.2, 0.25) is 0 Å². The van der Waals surface area contributed by atoms with Crippen LogP contribution in [0.5, 0.6) is 0 Å². The van der Waals surface area contributed by atoms with Gasteiger partial charge < -0.3 is 10.8 Å². The SMILES string of the molecule is CC(C)(O)c1cccc(F)c1.CC(C)c1cc(C(F)F)cc(C(C)C)c1CC(N)=O.NS. The molecule has 0 spiro atoms. The van der Waals surface area contributed by atoms with E-state index in [1.807, 2.05) is 27.7 Å². The van der Waals surface area contributed by atoms with Gasteiger partial charge in [0.25, 0.3) is 6.43 Å². The molecule has 2 aromatic rings. The highest BCUT2D eigenvalue weighted by atomic mass is 32.1. The Balaban J connectivity index is 0.000000626. The van der Waals surface area contributed by atoms with Crippen LogP contribution in [-0.2, 0) is 16.8 Å². The van der Waals surface area contributed by atoms with Crippen LogP contribution in [0.25, 0.3) is 0 Å². The van der Waals surface area contributed by atoms with Crippen molar-refractivity contribution in [3.8, 4) is 0 Å². The zero-order valence-corrected chi connectivity index (χ0v) is 20.4. The molecule has 0 fully saturated rings. The number of carbonyl (C=O) groups is 1. The lowest BCUT2D eigenvalue weighted by molar-refractivity contribution is -0.117. The molecule has 0 saturated heterocycles. The highest BCUT2D eigenvalue weighted by molar-refractivity contribution is 7.77. The Morgan fingerprint density at radius 3 is 1.78 bits per heavy atom. The van der Waals surface area contributed by atoms with E-state index in [0.29, 0.717) is 5.56 Å². The highest BCUT2D eigenvalue weighted by Gasteiger charge is 2.20. The summed E-state index contributed by atoms with van der Waals surface area (Å²) in [5.74, 6) is -0.602. The summed E-state index contributed by atoms with van der Waals surface area (Å²) >= 11 is 3.03. The van der Waals surface area contributed by atoms with Crippen molar-refractivity contribution in [3.05, 3.63) is 70.0 Å². The van der Waals surface area contributed by atoms with Gasteiger partial charge in [-0.25, -0.2) is 13.2 Å². The van der Waals surface area contributed by atoms with Gasteiger partial charge in [-0.15, -0.1) is 12.8 Å². The minimum absolute atomic E-state index is 0.0145. The molecule has 32 heavy (non-hydrogen) atoms. The molecule has 0 aliphatic rings. The molecule has 8 heteroatoms. The summed E-state index contributed by atoms with van der Waals surface area (Å²) < 4.78 is 38.5. The number of hydrogen-bond donors (Lipinski definition) is 4. The Morgan fingerprint density at radius 1 is 1.03 bits per heavy atom. The highest BCUT2D eigenvalue weighted by Crippen LogP contribution is 2.33. The number of aliphatic hydroxyl groups is 1. The standard InChI is InChI=1S/C15H21F2NO.C9H11FO.H3NS/c1-8(2)11-5-10(15(16)17)6-12(9(3)4)13(11)7-14(18)19;1-9(2,11)7-4-3-5-8(10)6-7;1-2/h5-6,8-9,15H,7H2,1-4H3,(H2,18,19);3-6,11H,1-2H3;2H,1H2. The van der Waals surface area contributed by atoms with Crippen molar-refractivity contribution in [2.24, 2.45) is 10.9 Å². The van der Waals surface area contributed by atoms with Crippen LogP contribution in [0, 0.1) is 5.82 Å². The van der Waals surface area contributed by atoms with E-state index in [2.05, 4.69) is 18.0 Å². The van der Waals surface area contributed by atoms with Gasteiger partial charge in [0.2, 0.25) is 5.91 Å². The van der Waals surface area contributed by atoms with Crippen molar-refractivity contribution in [1.29, 1.82) is 0 Å². The van der Waals surface area contributed by atoms with Gasteiger partial charge in [0, 0.05) is 5.56 Å².